The van der Waals surface area contributed by atoms with Gasteiger partial charge in [-0.2, -0.15) is 4.98 Å². The highest BCUT2D eigenvalue weighted by Gasteiger charge is 2.64. The van der Waals surface area contributed by atoms with Gasteiger partial charge in [0.25, 0.3) is 5.56 Å². The van der Waals surface area contributed by atoms with Crippen molar-refractivity contribution in [1.82, 2.24) is 19.5 Å². The van der Waals surface area contributed by atoms with Gasteiger partial charge in [-0.25, -0.2) is 9.37 Å². The van der Waals surface area contributed by atoms with Crippen LogP contribution in [0.25, 0.3) is 11.2 Å². The molecule has 8 nitrogen and oxygen atoms in total. The topological polar surface area (TPSA) is 130 Å². The number of anilines is 1. The Morgan fingerprint density at radius 2 is 2.40 bits per heavy atom. The van der Waals surface area contributed by atoms with Crippen LogP contribution in [0.3, 0.4) is 0 Å². The maximum absolute atomic E-state index is 14.2. The molecular formula is C11H14FN5O3. The van der Waals surface area contributed by atoms with Crippen LogP contribution in [-0.4, -0.2) is 47.6 Å². The Balaban J connectivity index is 2.12. The minimum atomic E-state index is -2.08. The van der Waals surface area contributed by atoms with E-state index in [4.69, 9.17) is 10.8 Å². The number of hydrogen-bond acceptors (Lipinski definition) is 6. The molecule has 1 aliphatic rings. The number of nitrogens with zero attached hydrogens (tertiary/aromatic N) is 3. The monoisotopic (exact) mass is 283 g/mol. The highest BCUT2D eigenvalue weighted by atomic mass is 19.1. The fraction of sp³-hybridized carbons (Fsp3) is 0.545. The number of nitrogens with two attached hydrogens (primary N) is 1. The van der Waals surface area contributed by atoms with Crippen LogP contribution in [0.4, 0.5) is 10.3 Å². The highest BCUT2D eigenvalue weighted by Crippen LogP contribution is 2.53. The van der Waals surface area contributed by atoms with Gasteiger partial charge in [-0.05, 0) is 6.92 Å². The second-order valence-electron chi connectivity index (χ2n) is 5.27. The summed E-state index contributed by atoms with van der Waals surface area (Å²) in [6, 6.07) is -0.682. The molecule has 2 heterocycles. The molecule has 3 rings (SSSR count). The van der Waals surface area contributed by atoms with Gasteiger partial charge in [0, 0.05) is 6.42 Å². The molecule has 108 valence electrons. The van der Waals surface area contributed by atoms with Crippen molar-refractivity contribution in [3.05, 3.63) is 16.7 Å². The summed E-state index contributed by atoms with van der Waals surface area (Å²) in [6.07, 6.45) is 1.21. The number of aromatic amines is 1. The molecule has 0 radical (unpaired) electrons. The molecule has 0 bridgehead atoms. The van der Waals surface area contributed by atoms with Crippen molar-refractivity contribution in [2.75, 3.05) is 12.3 Å². The lowest BCUT2D eigenvalue weighted by Gasteiger charge is -2.54. The Kier molecular flexibility index (Phi) is 2.45. The molecule has 0 aliphatic heterocycles. The maximum Gasteiger partial charge on any atom is 0.280 e. The minimum absolute atomic E-state index is 0.0651. The average Bonchev–Trinajstić information content (AvgIpc) is 2.78. The van der Waals surface area contributed by atoms with E-state index in [0.717, 1.165) is 0 Å². The van der Waals surface area contributed by atoms with Gasteiger partial charge in [0.1, 0.15) is 5.60 Å². The maximum atomic E-state index is 14.2. The second-order valence-corrected chi connectivity index (χ2v) is 5.27. The third kappa shape index (κ3) is 1.44. The second kappa shape index (κ2) is 3.76. The number of aromatic nitrogens is 4. The number of aliphatic hydroxyl groups is 2. The van der Waals surface area contributed by atoms with E-state index >= 15 is 0 Å². The first-order valence-corrected chi connectivity index (χ1v) is 6.04. The number of halogens is 1. The fourth-order valence-electron chi connectivity index (χ4n) is 2.64. The van der Waals surface area contributed by atoms with Crippen LogP contribution in [0.5, 0.6) is 0 Å². The number of nitrogen functional groups attached to an aromatic ring is 1. The number of imidazole rings is 1. The zero-order valence-electron chi connectivity index (χ0n) is 10.7. The predicted octanol–water partition coefficient (Wildman–Crippen LogP) is -0.902. The molecule has 9 heteroatoms. The molecular weight excluding hydrogens is 269 g/mol. The molecule has 1 fully saturated rings. The van der Waals surface area contributed by atoms with E-state index in [0.29, 0.717) is 0 Å². The lowest BCUT2D eigenvalue weighted by molar-refractivity contribution is -0.219. The largest absolute Gasteiger partial charge is 0.393 e. The molecule has 1 aliphatic carbocycles. The quantitative estimate of drug-likeness (QED) is 0.565. The van der Waals surface area contributed by atoms with Crippen molar-refractivity contribution < 1.29 is 14.6 Å². The van der Waals surface area contributed by atoms with Crippen LogP contribution in [0.1, 0.15) is 19.4 Å². The molecule has 3 atom stereocenters. The van der Waals surface area contributed by atoms with Crippen LogP contribution >= 0.6 is 0 Å². The molecule has 2 aromatic rings. The molecule has 20 heavy (non-hydrogen) atoms. The average molecular weight is 283 g/mol. The SMILES string of the molecule is C[C@@]1(O)[C@H](n2cnc3c(=O)[nH]c(N)nc32)C[C@]1(F)CO. The highest BCUT2D eigenvalue weighted by molar-refractivity contribution is 5.70. The van der Waals surface area contributed by atoms with Crippen LogP contribution in [0, 0.1) is 0 Å². The van der Waals surface area contributed by atoms with Gasteiger partial charge in [-0.3, -0.25) is 9.78 Å². The third-order valence-corrected chi connectivity index (χ3v) is 4.11. The summed E-state index contributed by atoms with van der Waals surface area (Å²) < 4.78 is 15.6. The minimum Gasteiger partial charge on any atom is -0.393 e. The normalized spacial score (nSPS) is 33.3. The van der Waals surface area contributed by atoms with Crippen molar-refractivity contribution >= 4 is 17.1 Å². The Labute approximate surface area is 112 Å². The van der Waals surface area contributed by atoms with E-state index in [1.165, 1.54) is 17.8 Å². The van der Waals surface area contributed by atoms with Crippen molar-refractivity contribution in [3.8, 4) is 0 Å². The smallest absolute Gasteiger partial charge is 0.280 e. The molecule has 0 unspecified atom stereocenters. The first-order valence-electron chi connectivity index (χ1n) is 6.04. The summed E-state index contributed by atoms with van der Waals surface area (Å²) >= 11 is 0. The van der Waals surface area contributed by atoms with Crippen molar-refractivity contribution in [2.45, 2.75) is 30.7 Å². The summed E-state index contributed by atoms with van der Waals surface area (Å²) in [4.78, 5) is 21.8. The zero-order valence-corrected chi connectivity index (χ0v) is 10.7. The summed E-state index contributed by atoms with van der Waals surface area (Å²) in [5.41, 5.74) is 1.35. The van der Waals surface area contributed by atoms with Crippen molar-refractivity contribution in [2.24, 2.45) is 0 Å². The Morgan fingerprint density at radius 3 is 3.00 bits per heavy atom. The molecule has 0 spiro atoms. The first kappa shape index (κ1) is 13.0. The fourth-order valence-corrected chi connectivity index (χ4v) is 2.64. The van der Waals surface area contributed by atoms with Crippen molar-refractivity contribution in [3.63, 3.8) is 0 Å². The predicted molar refractivity (Wildman–Crippen MR) is 67.8 cm³/mol. The van der Waals surface area contributed by atoms with E-state index in [1.54, 1.807) is 0 Å². The summed E-state index contributed by atoms with van der Waals surface area (Å²) in [5, 5.41) is 19.3. The number of fused-ring (bicyclic) bond motifs is 1. The number of rotatable bonds is 2. The van der Waals surface area contributed by atoms with Gasteiger partial charge in [0.2, 0.25) is 5.95 Å². The van der Waals surface area contributed by atoms with Crippen LogP contribution in [-0.2, 0) is 0 Å². The van der Waals surface area contributed by atoms with E-state index in [9.17, 15) is 14.3 Å². The lowest BCUT2D eigenvalue weighted by Crippen LogP contribution is -2.67. The molecule has 0 aromatic carbocycles. The van der Waals surface area contributed by atoms with E-state index in [1.807, 2.05) is 0 Å². The van der Waals surface area contributed by atoms with E-state index < -0.39 is 29.5 Å². The first-order chi connectivity index (χ1) is 9.30. The third-order valence-electron chi connectivity index (χ3n) is 4.11. The number of aliphatic hydroxyl groups excluding tert-OH is 1. The van der Waals surface area contributed by atoms with Crippen LogP contribution in [0.2, 0.25) is 0 Å². The van der Waals surface area contributed by atoms with Gasteiger partial charge in [-0.15, -0.1) is 0 Å². The lowest BCUT2D eigenvalue weighted by atomic mass is 9.64. The molecule has 1 saturated carbocycles. The Morgan fingerprint density at radius 1 is 1.70 bits per heavy atom. The van der Waals surface area contributed by atoms with Crippen molar-refractivity contribution in [1.29, 1.82) is 0 Å². The zero-order chi connectivity index (χ0) is 14.7. The molecule has 2 aromatic heterocycles. The molecule has 0 amide bonds. The van der Waals surface area contributed by atoms with E-state index in [2.05, 4.69) is 15.0 Å². The summed E-state index contributed by atoms with van der Waals surface area (Å²) in [5.74, 6) is -0.0862. The van der Waals surface area contributed by atoms with Gasteiger partial charge >= 0.3 is 0 Å². The van der Waals surface area contributed by atoms with Gasteiger partial charge < -0.3 is 20.5 Å². The Bertz CT molecular complexity index is 739. The number of hydrogen-bond donors (Lipinski definition) is 4. The number of alkyl halides is 1. The Hall–Kier alpha value is -2.00. The van der Waals surface area contributed by atoms with Crippen LogP contribution < -0.4 is 11.3 Å². The van der Waals surface area contributed by atoms with E-state index in [-0.39, 0.29) is 23.5 Å². The summed E-state index contributed by atoms with van der Waals surface area (Å²) in [6.45, 7) is 0.513. The number of H-pyrrole nitrogens is 1. The number of nitrogens with one attached hydrogen (secondary N) is 1. The van der Waals surface area contributed by atoms with Gasteiger partial charge in [0.05, 0.1) is 19.0 Å². The summed E-state index contributed by atoms with van der Waals surface area (Å²) in [7, 11) is 0. The van der Waals surface area contributed by atoms with Gasteiger partial charge in [0.15, 0.2) is 16.8 Å². The molecule has 5 N–H and O–H groups in total. The van der Waals surface area contributed by atoms with Gasteiger partial charge in [-0.1, -0.05) is 0 Å². The van der Waals surface area contributed by atoms with Crippen LogP contribution in [0.15, 0.2) is 11.1 Å². The standard InChI is InChI=1S/C11H14FN5O3/c1-10(20)5(2-11(10,12)3-18)17-4-14-6-7(17)15-9(13)16-8(6)19/h4-5,18,20H,2-3H2,1H3,(H3,13,15,16,19)/t5-,10-,11+/m1/s1. The molecule has 0 saturated heterocycles.